The van der Waals surface area contributed by atoms with E-state index in [0.717, 1.165) is 10.0 Å². The average molecular weight is 363 g/mol. The Kier molecular flexibility index (Phi) is 4.85. The summed E-state index contributed by atoms with van der Waals surface area (Å²) in [5.74, 6) is -0.314. The third kappa shape index (κ3) is 3.48. The standard InChI is InChI=1S/C14H11BrCl2FN/c15-11-3-1-2-10(14(11)17)13(19)7-8-6-9(16)4-5-12(8)18/h1-6,13H,7,19H2. The van der Waals surface area contributed by atoms with E-state index in [-0.39, 0.29) is 5.82 Å². The Labute approximate surface area is 129 Å². The van der Waals surface area contributed by atoms with Crippen molar-refractivity contribution in [2.45, 2.75) is 12.5 Å². The summed E-state index contributed by atoms with van der Waals surface area (Å²) in [5, 5.41) is 1.04. The Morgan fingerprint density at radius 1 is 1.21 bits per heavy atom. The zero-order valence-electron chi connectivity index (χ0n) is 9.84. The summed E-state index contributed by atoms with van der Waals surface area (Å²) in [5.41, 5.74) is 7.36. The predicted molar refractivity (Wildman–Crippen MR) is 81.2 cm³/mol. The molecule has 0 bridgehead atoms. The van der Waals surface area contributed by atoms with Crippen molar-refractivity contribution in [2.24, 2.45) is 5.73 Å². The van der Waals surface area contributed by atoms with Crippen LogP contribution in [0.3, 0.4) is 0 Å². The Hall–Kier alpha value is -0.610. The molecule has 0 amide bonds. The van der Waals surface area contributed by atoms with Gasteiger partial charge in [-0.15, -0.1) is 0 Å². The minimum Gasteiger partial charge on any atom is -0.324 e. The SMILES string of the molecule is NC(Cc1cc(Cl)ccc1F)c1cccc(Br)c1Cl. The number of nitrogens with two attached hydrogens (primary N) is 1. The van der Waals surface area contributed by atoms with Crippen molar-refractivity contribution in [1.82, 2.24) is 0 Å². The Bertz CT molecular complexity index is 604. The Morgan fingerprint density at radius 2 is 1.95 bits per heavy atom. The molecule has 0 saturated heterocycles. The van der Waals surface area contributed by atoms with E-state index in [2.05, 4.69) is 15.9 Å². The molecule has 1 nitrogen and oxygen atoms in total. The molecule has 1 atom stereocenters. The number of hydrogen-bond acceptors (Lipinski definition) is 1. The van der Waals surface area contributed by atoms with E-state index >= 15 is 0 Å². The number of hydrogen-bond donors (Lipinski definition) is 1. The maximum absolute atomic E-state index is 13.7. The van der Waals surface area contributed by atoms with Gasteiger partial charge in [0.1, 0.15) is 5.82 Å². The van der Waals surface area contributed by atoms with Gasteiger partial charge in [0.15, 0.2) is 0 Å². The number of benzene rings is 2. The first kappa shape index (κ1) is 14.8. The Balaban J connectivity index is 2.28. The van der Waals surface area contributed by atoms with Crippen LogP contribution < -0.4 is 5.73 Å². The van der Waals surface area contributed by atoms with E-state index < -0.39 is 6.04 Å². The van der Waals surface area contributed by atoms with Crippen molar-refractivity contribution in [1.29, 1.82) is 0 Å². The summed E-state index contributed by atoms with van der Waals surface area (Å²) in [4.78, 5) is 0. The smallest absolute Gasteiger partial charge is 0.126 e. The second kappa shape index (κ2) is 6.23. The van der Waals surface area contributed by atoms with E-state index in [9.17, 15) is 4.39 Å². The predicted octanol–water partition coefficient (Wildman–Crippen LogP) is 5.14. The van der Waals surface area contributed by atoms with Crippen LogP contribution in [-0.4, -0.2) is 0 Å². The molecule has 0 aliphatic heterocycles. The first-order chi connectivity index (χ1) is 8.99. The molecule has 0 fully saturated rings. The van der Waals surface area contributed by atoms with Crippen molar-refractivity contribution >= 4 is 39.1 Å². The highest BCUT2D eigenvalue weighted by molar-refractivity contribution is 9.10. The lowest BCUT2D eigenvalue weighted by Crippen LogP contribution is -2.14. The molecule has 1 unspecified atom stereocenters. The topological polar surface area (TPSA) is 26.0 Å². The van der Waals surface area contributed by atoms with Gasteiger partial charge in [-0.3, -0.25) is 0 Å². The van der Waals surface area contributed by atoms with Gasteiger partial charge in [0.2, 0.25) is 0 Å². The molecule has 19 heavy (non-hydrogen) atoms. The first-order valence-corrected chi connectivity index (χ1v) is 7.17. The molecule has 0 aliphatic rings. The molecule has 0 aliphatic carbocycles. The van der Waals surface area contributed by atoms with Gasteiger partial charge >= 0.3 is 0 Å². The largest absolute Gasteiger partial charge is 0.324 e. The van der Waals surface area contributed by atoms with E-state index in [1.807, 2.05) is 18.2 Å². The van der Waals surface area contributed by atoms with Crippen LogP contribution in [0.4, 0.5) is 4.39 Å². The molecule has 0 spiro atoms. The van der Waals surface area contributed by atoms with Gasteiger partial charge in [0.25, 0.3) is 0 Å². The summed E-state index contributed by atoms with van der Waals surface area (Å²) in [6, 6.07) is 9.56. The Morgan fingerprint density at radius 3 is 2.68 bits per heavy atom. The first-order valence-electron chi connectivity index (χ1n) is 5.62. The molecule has 2 N–H and O–H groups in total. The fraction of sp³-hybridized carbons (Fsp3) is 0.143. The maximum Gasteiger partial charge on any atom is 0.126 e. The van der Waals surface area contributed by atoms with Gasteiger partial charge in [0, 0.05) is 15.5 Å². The third-order valence-electron chi connectivity index (χ3n) is 2.83. The van der Waals surface area contributed by atoms with Crippen LogP contribution >= 0.6 is 39.1 Å². The molecule has 0 radical (unpaired) electrons. The normalized spacial score (nSPS) is 12.5. The number of rotatable bonds is 3. The summed E-state index contributed by atoms with van der Waals surface area (Å²) < 4.78 is 14.4. The molecular formula is C14H11BrCl2FN. The van der Waals surface area contributed by atoms with Crippen molar-refractivity contribution in [3.8, 4) is 0 Å². The molecule has 5 heteroatoms. The van der Waals surface area contributed by atoms with E-state index in [1.165, 1.54) is 12.1 Å². The molecule has 0 heterocycles. The lowest BCUT2D eigenvalue weighted by Gasteiger charge is -2.15. The van der Waals surface area contributed by atoms with Crippen LogP contribution in [0, 0.1) is 5.82 Å². The van der Waals surface area contributed by atoms with E-state index in [0.29, 0.717) is 22.0 Å². The average Bonchev–Trinajstić information content (AvgIpc) is 2.37. The van der Waals surface area contributed by atoms with Gasteiger partial charge in [-0.05, 0) is 57.7 Å². The van der Waals surface area contributed by atoms with Crippen LogP contribution in [0.15, 0.2) is 40.9 Å². The van der Waals surface area contributed by atoms with Crippen molar-refractivity contribution < 1.29 is 4.39 Å². The zero-order valence-corrected chi connectivity index (χ0v) is 12.9. The summed E-state index contributed by atoms with van der Waals surface area (Å²) in [6.45, 7) is 0. The molecular weight excluding hydrogens is 352 g/mol. The maximum atomic E-state index is 13.7. The minimum atomic E-state index is -0.391. The van der Waals surface area contributed by atoms with Crippen LogP contribution in [0.25, 0.3) is 0 Å². The highest BCUT2D eigenvalue weighted by atomic mass is 79.9. The molecule has 0 aromatic heterocycles. The minimum absolute atomic E-state index is 0.314. The highest BCUT2D eigenvalue weighted by Crippen LogP contribution is 2.31. The van der Waals surface area contributed by atoms with Crippen molar-refractivity contribution in [2.75, 3.05) is 0 Å². The molecule has 2 rings (SSSR count). The van der Waals surface area contributed by atoms with E-state index in [4.69, 9.17) is 28.9 Å². The second-order valence-corrected chi connectivity index (χ2v) is 5.86. The van der Waals surface area contributed by atoms with Crippen LogP contribution in [-0.2, 0) is 6.42 Å². The van der Waals surface area contributed by atoms with Crippen LogP contribution in [0.5, 0.6) is 0 Å². The highest BCUT2D eigenvalue weighted by Gasteiger charge is 2.15. The lowest BCUT2D eigenvalue weighted by atomic mass is 9.99. The van der Waals surface area contributed by atoms with Gasteiger partial charge in [-0.25, -0.2) is 4.39 Å². The van der Waals surface area contributed by atoms with Crippen molar-refractivity contribution in [3.63, 3.8) is 0 Å². The fourth-order valence-corrected chi connectivity index (χ4v) is 2.70. The summed E-state index contributed by atoms with van der Waals surface area (Å²) in [6.07, 6.45) is 0.336. The monoisotopic (exact) mass is 361 g/mol. The summed E-state index contributed by atoms with van der Waals surface area (Å²) in [7, 11) is 0. The molecule has 2 aromatic carbocycles. The van der Waals surface area contributed by atoms with Gasteiger partial charge in [0.05, 0.1) is 5.02 Å². The van der Waals surface area contributed by atoms with Gasteiger partial charge in [-0.1, -0.05) is 35.3 Å². The van der Waals surface area contributed by atoms with Gasteiger partial charge in [-0.2, -0.15) is 0 Å². The molecule has 100 valence electrons. The molecule has 0 saturated carbocycles. The number of halogens is 4. The third-order valence-corrected chi connectivity index (χ3v) is 4.37. The van der Waals surface area contributed by atoms with Crippen molar-refractivity contribution in [3.05, 3.63) is 67.9 Å². The zero-order chi connectivity index (χ0) is 14.0. The fourth-order valence-electron chi connectivity index (χ4n) is 1.85. The van der Waals surface area contributed by atoms with Gasteiger partial charge < -0.3 is 5.73 Å². The van der Waals surface area contributed by atoms with Crippen LogP contribution in [0.2, 0.25) is 10.0 Å². The quantitative estimate of drug-likeness (QED) is 0.803. The lowest BCUT2D eigenvalue weighted by molar-refractivity contribution is 0.593. The second-order valence-electron chi connectivity index (χ2n) is 4.19. The van der Waals surface area contributed by atoms with E-state index in [1.54, 1.807) is 6.07 Å². The summed E-state index contributed by atoms with van der Waals surface area (Å²) >= 11 is 15.4. The molecule has 2 aromatic rings. The van der Waals surface area contributed by atoms with Crippen LogP contribution in [0.1, 0.15) is 17.2 Å².